The van der Waals surface area contributed by atoms with Crippen LogP contribution in [0.4, 0.5) is 0 Å². The molecule has 3 atom stereocenters. The summed E-state index contributed by atoms with van der Waals surface area (Å²) in [7, 11) is 3.11. The molecule has 17 heavy (non-hydrogen) atoms. The number of piperidine rings is 1. The first-order chi connectivity index (χ1) is 7.96. The molecule has 1 fully saturated rings. The van der Waals surface area contributed by atoms with Gasteiger partial charge in [-0.2, -0.15) is 0 Å². The molecule has 0 radical (unpaired) electrons. The number of carbonyl (C=O) groups excluding carboxylic acids is 2. The van der Waals surface area contributed by atoms with Crippen LogP contribution in [0.3, 0.4) is 0 Å². The molecule has 1 saturated heterocycles. The van der Waals surface area contributed by atoms with Crippen molar-refractivity contribution in [1.82, 2.24) is 4.90 Å². The van der Waals surface area contributed by atoms with Gasteiger partial charge < -0.3 is 9.64 Å². The van der Waals surface area contributed by atoms with Gasteiger partial charge >= 0.3 is 5.97 Å². The standard InChI is InChI=1S/C13H19NO3/c1-8-7-14(3)11(15)13(12(16)17-4)9(2)5-6-10(8)13/h5,8,10H,6-7H2,1-4H3/t8-,10+,13-/m0/s1. The van der Waals surface area contributed by atoms with E-state index in [1.54, 1.807) is 11.9 Å². The first-order valence-electron chi connectivity index (χ1n) is 5.97. The van der Waals surface area contributed by atoms with Crippen molar-refractivity contribution in [2.24, 2.45) is 17.3 Å². The number of ether oxygens (including phenoxy) is 1. The van der Waals surface area contributed by atoms with Crippen LogP contribution in [0.2, 0.25) is 0 Å². The van der Waals surface area contributed by atoms with Crippen molar-refractivity contribution in [3.05, 3.63) is 11.6 Å². The van der Waals surface area contributed by atoms with E-state index < -0.39 is 11.4 Å². The highest BCUT2D eigenvalue weighted by atomic mass is 16.5. The van der Waals surface area contributed by atoms with Gasteiger partial charge in [-0.15, -0.1) is 0 Å². The lowest BCUT2D eigenvalue weighted by atomic mass is 9.65. The first-order valence-corrected chi connectivity index (χ1v) is 5.97. The maximum Gasteiger partial charge on any atom is 0.325 e. The lowest BCUT2D eigenvalue weighted by molar-refractivity contribution is -0.169. The van der Waals surface area contributed by atoms with E-state index in [0.29, 0.717) is 12.5 Å². The smallest absolute Gasteiger partial charge is 0.325 e. The Bertz CT molecular complexity index is 401. The van der Waals surface area contributed by atoms with Gasteiger partial charge in [0.05, 0.1) is 7.11 Å². The second-order valence-electron chi connectivity index (χ2n) is 5.19. The second-order valence-corrected chi connectivity index (χ2v) is 5.19. The van der Waals surface area contributed by atoms with E-state index in [0.717, 1.165) is 12.0 Å². The van der Waals surface area contributed by atoms with Crippen molar-refractivity contribution >= 4 is 11.9 Å². The number of allylic oxidation sites excluding steroid dienone is 1. The predicted molar refractivity (Wildman–Crippen MR) is 63.1 cm³/mol. The quantitative estimate of drug-likeness (QED) is 0.391. The number of hydrogen-bond donors (Lipinski definition) is 0. The normalized spacial score (nSPS) is 36.6. The molecule has 4 heteroatoms. The molecule has 1 heterocycles. The number of hydrogen-bond acceptors (Lipinski definition) is 3. The van der Waals surface area contributed by atoms with Crippen molar-refractivity contribution in [3.8, 4) is 0 Å². The van der Waals surface area contributed by atoms with Crippen LogP contribution in [0.5, 0.6) is 0 Å². The van der Waals surface area contributed by atoms with Crippen molar-refractivity contribution in [2.75, 3.05) is 20.7 Å². The largest absolute Gasteiger partial charge is 0.468 e. The Kier molecular flexibility index (Phi) is 2.76. The maximum absolute atomic E-state index is 12.5. The number of nitrogens with zero attached hydrogens (tertiary/aromatic N) is 1. The second kappa shape index (κ2) is 3.86. The maximum atomic E-state index is 12.5. The Morgan fingerprint density at radius 2 is 2.24 bits per heavy atom. The van der Waals surface area contributed by atoms with Gasteiger partial charge in [-0.3, -0.25) is 9.59 Å². The molecule has 0 aromatic rings. The summed E-state index contributed by atoms with van der Waals surface area (Å²) in [5, 5.41) is 0. The number of methoxy groups -OCH3 is 1. The van der Waals surface area contributed by atoms with Gasteiger partial charge in [0.25, 0.3) is 0 Å². The molecule has 4 nitrogen and oxygen atoms in total. The number of fused-ring (bicyclic) bond motifs is 1. The fourth-order valence-electron chi connectivity index (χ4n) is 3.42. The zero-order chi connectivity index (χ0) is 12.8. The number of carbonyl (C=O) groups is 2. The van der Waals surface area contributed by atoms with E-state index in [9.17, 15) is 9.59 Å². The Morgan fingerprint density at radius 1 is 1.59 bits per heavy atom. The van der Waals surface area contributed by atoms with Crippen LogP contribution in [0.15, 0.2) is 11.6 Å². The third kappa shape index (κ3) is 1.36. The van der Waals surface area contributed by atoms with Crippen LogP contribution >= 0.6 is 0 Å². The summed E-state index contributed by atoms with van der Waals surface area (Å²) in [6.07, 6.45) is 2.80. The molecule has 0 N–H and O–H groups in total. The molecule has 0 aromatic carbocycles. The third-order valence-corrected chi connectivity index (χ3v) is 4.30. The molecule has 1 aliphatic heterocycles. The van der Waals surface area contributed by atoms with Gasteiger partial charge in [0.2, 0.25) is 5.91 Å². The Labute approximate surface area is 102 Å². The van der Waals surface area contributed by atoms with Gasteiger partial charge in [0.15, 0.2) is 5.41 Å². The van der Waals surface area contributed by atoms with E-state index in [2.05, 4.69) is 6.92 Å². The molecule has 1 amide bonds. The van der Waals surface area contributed by atoms with Crippen molar-refractivity contribution < 1.29 is 14.3 Å². The zero-order valence-corrected chi connectivity index (χ0v) is 10.8. The molecule has 0 spiro atoms. The Hall–Kier alpha value is -1.32. The minimum atomic E-state index is -1.05. The van der Waals surface area contributed by atoms with E-state index in [1.165, 1.54) is 7.11 Å². The fourth-order valence-corrected chi connectivity index (χ4v) is 3.42. The fraction of sp³-hybridized carbons (Fsp3) is 0.692. The van der Waals surface area contributed by atoms with E-state index in [-0.39, 0.29) is 11.8 Å². The number of esters is 1. The highest BCUT2D eigenvalue weighted by molar-refractivity contribution is 6.07. The molecule has 1 aliphatic carbocycles. The average Bonchev–Trinajstić information content (AvgIpc) is 2.65. The molecule has 0 aromatic heterocycles. The molecular weight excluding hydrogens is 218 g/mol. The van der Waals surface area contributed by atoms with Crippen LogP contribution in [0.25, 0.3) is 0 Å². The lowest BCUT2D eigenvalue weighted by Crippen LogP contribution is -2.58. The van der Waals surface area contributed by atoms with Gasteiger partial charge in [-0.05, 0) is 25.2 Å². The summed E-state index contributed by atoms with van der Waals surface area (Å²) >= 11 is 0. The minimum absolute atomic E-state index is 0.0543. The van der Waals surface area contributed by atoms with Crippen LogP contribution in [-0.2, 0) is 14.3 Å². The van der Waals surface area contributed by atoms with Crippen LogP contribution in [0.1, 0.15) is 20.3 Å². The number of amides is 1. The molecule has 0 saturated carbocycles. The van der Waals surface area contributed by atoms with Crippen molar-refractivity contribution in [2.45, 2.75) is 20.3 Å². The van der Waals surface area contributed by atoms with Crippen molar-refractivity contribution in [1.29, 1.82) is 0 Å². The molecular formula is C13H19NO3. The minimum Gasteiger partial charge on any atom is -0.468 e. The molecule has 94 valence electrons. The van der Waals surface area contributed by atoms with Crippen molar-refractivity contribution in [3.63, 3.8) is 0 Å². The SMILES string of the molecule is COC(=O)[C@]12C(=O)N(C)C[C@H](C)[C@H]1CC=C2C. The van der Waals surface area contributed by atoms with E-state index in [1.807, 2.05) is 13.0 Å². The highest BCUT2D eigenvalue weighted by Crippen LogP contribution is 2.51. The summed E-state index contributed by atoms with van der Waals surface area (Å²) in [5.74, 6) is -0.153. The third-order valence-electron chi connectivity index (χ3n) is 4.30. The molecule has 2 aliphatic rings. The van der Waals surface area contributed by atoms with Gasteiger partial charge in [0, 0.05) is 13.6 Å². The number of rotatable bonds is 1. The summed E-state index contributed by atoms with van der Waals surface area (Å²) in [5.41, 5.74) is -0.209. The Morgan fingerprint density at radius 3 is 2.82 bits per heavy atom. The average molecular weight is 237 g/mol. The summed E-state index contributed by atoms with van der Waals surface area (Å²) < 4.78 is 4.90. The first kappa shape index (κ1) is 12.1. The monoisotopic (exact) mass is 237 g/mol. The van der Waals surface area contributed by atoms with Gasteiger partial charge in [-0.1, -0.05) is 18.6 Å². The highest BCUT2D eigenvalue weighted by Gasteiger charge is 2.61. The van der Waals surface area contributed by atoms with Crippen LogP contribution in [-0.4, -0.2) is 37.5 Å². The molecule has 0 bridgehead atoms. The predicted octanol–water partition coefficient (Wildman–Crippen LogP) is 1.22. The Balaban J connectivity index is 2.55. The summed E-state index contributed by atoms with van der Waals surface area (Å²) in [4.78, 5) is 26.3. The number of likely N-dealkylation sites (tertiary alicyclic amines) is 1. The van der Waals surface area contributed by atoms with Crippen LogP contribution in [0, 0.1) is 17.3 Å². The molecule has 2 rings (SSSR count). The van der Waals surface area contributed by atoms with Gasteiger partial charge in [0.1, 0.15) is 0 Å². The zero-order valence-electron chi connectivity index (χ0n) is 10.8. The summed E-state index contributed by atoms with van der Waals surface area (Å²) in [6, 6.07) is 0. The topological polar surface area (TPSA) is 46.6 Å². The van der Waals surface area contributed by atoms with Crippen LogP contribution < -0.4 is 0 Å². The van der Waals surface area contributed by atoms with E-state index in [4.69, 9.17) is 4.74 Å². The van der Waals surface area contributed by atoms with Gasteiger partial charge in [-0.25, -0.2) is 0 Å². The van der Waals surface area contributed by atoms with E-state index >= 15 is 0 Å². The summed E-state index contributed by atoms with van der Waals surface area (Å²) in [6.45, 7) is 4.67. The molecule has 0 unspecified atom stereocenters. The lowest BCUT2D eigenvalue weighted by Gasteiger charge is -2.44.